The summed E-state index contributed by atoms with van der Waals surface area (Å²) in [5.41, 5.74) is 2.14. The molecule has 2 unspecified atom stereocenters. The molecule has 2 amide bonds. The molecule has 0 aromatic heterocycles. The van der Waals surface area contributed by atoms with E-state index in [-0.39, 0.29) is 24.4 Å². The predicted molar refractivity (Wildman–Crippen MR) is 164 cm³/mol. The van der Waals surface area contributed by atoms with E-state index in [0.717, 1.165) is 69.7 Å². The van der Waals surface area contributed by atoms with E-state index in [9.17, 15) is 9.59 Å². The molecule has 40 heavy (non-hydrogen) atoms. The van der Waals surface area contributed by atoms with Gasteiger partial charge in [0.2, 0.25) is 5.91 Å². The first-order chi connectivity index (χ1) is 19.5. The van der Waals surface area contributed by atoms with Crippen LogP contribution in [0.5, 0.6) is 5.75 Å². The Morgan fingerprint density at radius 1 is 1.10 bits per heavy atom. The second-order valence-electron chi connectivity index (χ2n) is 10.7. The van der Waals surface area contributed by atoms with Gasteiger partial charge in [-0.25, -0.2) is 0 Å². The molecule has 0 radical (unpaired) electrons. The molecule has 1 saturated carbocycles. The number of carbonyl (C=O) groups is 2. The standard InChI is InChI=1S/C31H39ClN4O3S/c1-39-26-12-10-25(11-13-26)35-18-16-34(17-19-35)15-5-14-33-30(37)22-36-27-8-2-3-9-28(27)40-29(31(36)38)21-23-6-4-7-24(32)20-23/h4,6-7,10-13,20-21,27-28H,2-3,5,8-9,14-19,22H2,1H3,(H,33,37)/b29-21-. The highest BCUT2D eigenvalue weighted by Gasteiger charge is 2.41. The Morgan fingerprint density at radius 3 is 2.62 bits per heavy atom. The van der Waals surface area contributed by atoms with Crippen molar-refractivity contribution >= 4 is 46.9 Å². The van der Waals surface area contributed by atoms with Crippen LogP contribution in [0.3, 0.4) is 0 Å². The summed E-state index contributed by atoms with van der Waals surface area (Å²) in [7, 11) is 1.69. The zero-order valence-electron chi connectivity index (χ0n) is 23.2. The molecule has 2 heterocycles. The Balaban J connectivity index is 1.08. The average molecular weight is 583 g/mol. The number of hydrogen-bond donors (Lipinski definition) is 1. The number of benzene rings is 2. The van der Waals surface area contributed by atoms with Crippen LogP contribution >= 0.6 is 23.4 Å². The minimum atomic E-state index is -0.0731. The average Bonchev–Trinajstić information content (AvgIpc) is 2.98. The second-order valence-corrected chi connectivity index (χ2v) is 12.5. The maximum absolute atomic E-state index is 13.5. The number of carbonyl (C=O) groups excluding carboxylic acids is 2. The monoisotopic (exact) mass is 582 g/mol. The van der Waals surface area contributed by atoms with Crippen LogP contribution in [0.4, 0.5) is 5.69 Å². The lowest BCUT2D eigenvalue weighted by atomic mass is 9.93. The van der Waals surface area contributed by atoms with Crippen molar-refractivity contribution in [2.24, 2.45) is 0 Å². The van der Waals surface area contributed by atoms with Gasteiger partial charge >= 0.3 is 0 Å². The summed E-state index contributed by atoms with van der Waals surface area (Å²) in [5.74, 6) is 0.759. The molecule has 2 aromatic rings. The van der Waals surface area contributed by atoms with Crippen molar-refractivity contribution in [2.75, 3.05) is 57.8 Å². The third kappa shape index (κ3) is 7.33. The van der Waals surface area contributed by atoms with Crippen molar-refractivity contribution in [1.82, 2.24) is 15.1 Å². The lowest BCUT2D eigenvalue weighted by Gasteiger charge is -2.43. The smallest absolute Gasteiger partial charge is 0.261 e. The van der Waals surface area contributed by atoms with Crippen LogP contribution in [0.1, 0.15) is 37.7 Å². The minimum Gasteiger partial charge on any atom is -0.497 e. The summed E-state index contributed by atoms with van der Waals surface area (Å²) in [4.78, 5) is 33.9. The highest BCUT2D eigenvalue weighted by molar-refractivity contribution is 8.04. The summed E-state index contributed by atoms with van der Waals surface area (Å²) >= 11 is 7.84. The van der Waals surface area contributed by atoms with Gasteiger partial charge < -0.3 is 19.9 Å². The first-order valence-corrected chi connectivity index (χ1v) is 15.6. The van der Waals surface area contributed by atoms with E-state index in [0.29, 0.717) is 21.7 Å². The Bertz CT molecular complexity index is 1200. The predicted octanol–water partition coefficient (Wildman–Crippen LogP) is 4.90. The highest BCUT2D eigenvalue weighted by Crippen LogP contribution is 2.42. The molecular formula is C31H39ClN4O3S. The third-order valence-electron chi connectivity index (χ3n) is 8.06. The first kappa shape index (κ1) is 28.8. The summed E-state index contributed by atoms with van der Waals surface area (Å²) in [6.45, 7) is 5.67. The van der Waals surface area contributed by atoms with Crippen molar-refractivity contribution in [2.45, 2.75) is 43.4 Å². The molecule has 3 fully saturated rings. The zero-order valence-corrected chi connectivity index (χ0v) is 24.8. The van der Waals surface area contributed by atoms with Crippen LogP contribution in [0.15, 0.2) is 53.4 Å². The fourth-order valence-electron chi connectivity index (χ4n) is 5.87. The molecular weight excluding hydrogens is 544 g/mol. The maximum atomic E-state index is 13.5. The number of nitrogens with zero attached hydrogens (tertiary/aromatic N) is 3. The number of amides is 2. The molecule has 9 heteroatoms. The van der Waals surface area contributed by atoms with Gasteiger partial charge in [0, 0.05) is 54.7 Å². The van der Waals surface area contributed by atoms with Crippen molar-refractivity contribution < 1.29 is 14.3 Å². The number of nitrogens with one attached hydrogen (secondary N) is 1. The number of halogens is 1. The van der Waals surface area contributed by atoms with Gasteiger partial charge in [-0.2, -0.15) is 0 Å². The van der Waals surface area contributed by atoms with Gasteiger partial charge in [0.05, 0.1) is 12.0 Å². The van der Waals surface area contributed by atoms with Crippen LogP contribution in [0, 0.1) is 0 Å². The van der Waals surface area contributed by atoms with E-state index < -0.39 is 0 Å². The summed E-state index contributed by atoms with van der Waals surface area (Å²) in [6.07, 6.45) is 7.11. The summed E-state index contributed by atoms with van der Waals surface area (Å²) < 4.78 is 5.26. The van der Waals surface area contributed by atoms with E-state index >= 15 is 0 Å². The number of rotatable bonds is 9. The Hall–Kier alpha value is -2.68. The number of methoxy groups -OCH3 is 1. The molecule has 2 atom stereocenters. The van der Waals surface area contributed by atoms with Gasteiger partial charge in [-0.05, 0) is 73.8 Å². The molecule has 1 N–H and O–H groups in total. The Labute approximate surface area is 246 Å². The lowest BCUT2D eigenvalue weighted by molar-refractivity contribution is -0.135. The number of anilines is 1. The number of piperazine rings is 1. The van der Waals surface area contributed by atoms with Gasteiger partial charge in [0.15, 0.2) is 0 Å². The molecule has 0 spiro atoms. The van der Waals surface area contributed by atoms with Crippen molar-refractivity contribution in [3.63, 3.8) is 0 Å². The number of fused-ring (bicyclic) bond motifs is 1. The molecule has 7 nitrogen and oxygen atoms in total. The molecule has 5 rings (SSSR count). The van der Waals surface area contributed by atoms with Gasteiger partial charge in [0.25, 0.3) is 5.91 Å². The molecule has 2 aromatic carbocycles. The van der Waals surface area contributed by atoms with Crippen LogP contribution < -0.4 is 15.0 Å². The molecule has 2 aliphatic heterocycles. The molecule has 3 aliphatic rings. The second kappa shape index (κ2) is 13.8. The van der Waals surface area contributed by atoms with Crippen LogP contribution in [0.2, 0.25) is 5.02 Å². The van der Waals surface area contributed by atoms with Crippen molar-refractivity contribution in [1.29, 1.82) is 0 Å². The summed E-state index contributed by atoms with van der Waals surface area (Å²) in [6, 6.07) is 15.9. The number of ether oxygens (including phenoxy) is 1. The number of hydrogen-bond acceptors (Lipinski definition) is 6. The molecule has 0 bridgehead atoms. The minimum absolute atomic E-state index is 0.0435. The van der Waals surface area contributed by atoms with E-state index in [2.05, 4.69) is 27.2 Å². The van der Waals surface area contributed by atoms with E-state index in [1.807, 2.05) is 47.4 Å². The van der Waals surface area contributed by atoms with E-state index in [1.165, 1.54) is 12.1 Å². The Morgan fingerprint density at radius 2 is 1.88 bits per heavy atom. The normalized spacial score (nSPS) is 22.8. The first-order valence-electron chi connectivity index (χ1n) is 14.3. The number of thioether (sulfide) groups is 1. The fourth-order valence-corrected chi connectivity index (χ4v) is 7.54. The third-order valence-corrected chi connectivity index (χ3v) is 9.70. The SMILES string of the molecule is COc1ccc(N2CCN(CCCNC(=O)CN3C(=O)/C(=C/c4cccc(Cl)c4)SC4CCCCC43)CC2)cc1. The largest absolute Gasteiger partial charge is 0.497 e. The fraction of sp³-hybridized carbons (Fsp3) is 0.484. The zero-order chi connectivity index (χ0) is 27.9. The van der Waals surface area contributed by atoms with E-state index in [4.69, 9.17) is 16.3 Å². The van der Waals surface area contributed by atoms with Crippen LogP contribution in [0.25, 0.3) is 6.08 Å². The van der Waals surface area contributed by atoms with E-state index in [1.54, 1.807) is 18.9 Å². The van der Waals surface area contributed by atoms with Crippen LogP contribution in [-0.4, -0.2) is 85.8 Å². The molecule has 2 saturated heterocycles. The van der Waals surface area contributed by atoms with Gasteiger partial charge in [-0.3, -0.25) is 14.5 Å². The van der Waals surface area contributed by atoms with Gasteiger partial charge in [0.1, 0.15) is 12.3 Å². The van der Waals surface area contributed by atoms with Gasteiger partial charge in [-0.15, -0.1) is 11.8 Å². The lowest BCUT2D eigenvalue weighted by Crippen LogP contribution is -2.54. The highest BCUT2D eigenvalue weighted by atomic mass is 35.5. The maximum Gasteiger partial charge on any atom is 0.261 e. The van der Waals surface area contributed by atoms with Crippen molar-refractivity contribution in [3.05, 3.63) is 64.0 Å². The molecule has 214 valence electrons. The van der Waals surface area contributed by atoms with Crippen molar-refractivity contribution in [3.8, 4) is 5.75 Å². The summed E-state index contributed by atoms with van der Waals surface area (Å²) in [5, 5.41) is 4.06. The van der Waals surface area contributed by atoms with Crippen LogP contribution in [-0.2, 0) is 9.59 Å². The molecule has 1 aliphatic carbocycles. The van der Waals surface area contributed by atoms with Gasteiger partial charge in [-0.1, -0.05) is 36.6 Å². The Kier molecular flexibility index (Phi) is 9.94. The topological polar surface area (TPSA) is 65.1 Å². The quantitative estimate of drug-likeness (QED) is 0.335.